The average Bonchev–Trinajstić information content (AvgIpc) is 2.86. The lowest BCUT2D eigenvalue weighted by atomic mass is 9.75. The Balaban J connectivity index is 1.41. The molecule has 0 unspecified atom stereocenters. The number of nitrogens with zero attached hydrogens (tertiary/aromatic N) is 2. The Labute approximate surface area is 205 Å². The Morgan fingerprint density at radius 2 is 1.45 bits per heavy atom. The quantitative estimate of drug-likeness (QED) is 0.519. The van der Waals surface area contributed by atoms with Gasteiger partial charge in [0.25, 0.3) is 0 Å². The summed E-state index contributed by atoms with van der Waals surface area (Å²) >= 11 is 3.55. The van der Waals surface area contributed by atoms with Gasteiger partial charge in [0.05, 0.1) is 13.0 Å². The zero-order valence-corrected chi connectivity index (χ0v) is 20.8. The van der Waals surface area contributed by atoms with Crippen LogP contribution in [0.25, 0.3) is 0 Å². The standard InChI is InChI=1S/C27H33BrN2O3/c28-24-12-6-5-9-22(24)19-25(31)30-17-13-27(14-18-30,21-33-23-10-3-1-4-11-23)20-26(32)29-15-7-2-8-16-29/h1,3-6,9-12H,2,7-8,13-21H2. The SMILES string of the molecule is O=C(Cc1ccccc1Br)N1CCC(COc2ccccc2)(CC(=O)N2CCCCC2)CC1. The average molecular weight is 513 g/mol. The van der Waals surface area contributed by atoms with E-state index >= 15 is 0 Å². The van der Waals surface area contributed by atoms with Crippen molar-refractivity contribution in [2.45, 2.75) is 44.9 Å². The Morgan fingerprint density at radius 3 is 2.15 bits per heavy atom. The fourth-order valence-corrected chi connectivity index (χ4v) is 5.27. The number of carbonyl (C=O) groups is 2. The van der Waals surface area contributed by atoms with E-state index in [0.29, 0.717) is 32.5 Å². The Morgan fingerprint density at radius 1 is 0.818 bits per heavy atom. The number of rotatable bonds is 7. The third kappa shape index (κ3) is 6.38. The van der Waals surface area contributed by atoms with Gasteiger partial charge in [0.1, 0.15) is 5.75 Å². The molecule has 2 fully saturated rings. The van der Waals surface area contributed by atoms with E-state index in [2.05, 4.69) is 15.9 Å². The van der Waals surface area contributed by atoms with Crippen molar-refractivity contribution < 1.29 is 14.3 Å². The third-order valence-corrected chi connectivity index (χ3v) is 7.77. The van der Waals surface area contributed by atoms with E-state index in [4.69, 9.17) is 4.74 Å². The summed E-state index contributed by atoms with van der Waals surface area (Å²) in [4.78, 5) is 30.1. The number of para-hydroxylation sites is 1. The number of likely N-dealkylation sites (tertiary alicyclic amines) is 2. The molecule has 2 aromatic carbocycles. The van der Waals surface area contributed by atoms with Crippen LogP contribution < -0.4 is 4.74 Å². The van der Waals surface area contributed by atoms with Crippen molar-refractivity contribution in [3.8, 4) is 5.75 Å². The summed E-state index contributed by atoms with van der Waals surface area (Å²) < 4.78 is 7.13. The van der Waals surface area contributed by atoms with Crippen molar-refractivity contribution >= 4 is 27.7 Å². The van der Waals surface area contributed by atoms with Crippen LogP contribution in [0.3, 0.4) is 0 Å². The van der Waals surface area contributed by atoms with Crippen molar-refractivity contribution in [1.29, 1.82) is 0 Å². The maximum Gasteiger partial charge on any atom is 0.227 e. The summed E-state index contributed by atoms with van der Waals surface area (Å²) in [7, 11) is 0. The zero-order chi connectivity index (χ0) is 23.1. The summed E-state index contributed by atoms with van der Waals surface area (Å²) in [6, 6.07) is 17.7. The lowest BCUT2D eigenvalue weighted by Gasteiger charge is -2.42. The van der Waals surface area contributed by atoms with Gasteiger partial charge < -0.3 is 14.5 Å². The van der Waals surface area contributed by atoms with E-state index in [1.165, 1.54) is 6.42 Å². The highest BCUT2D eigenvalue weighted by atomic mass is 79.9. The number of halogens is 1. The maximum absolute atomic E-state index is 13.2. The van der Waals surface area contributed by atoms with Gasteiger partial charge >= 0.3 is 0 Å². The molecule has 0 atom stereocenters. The molecule has 0 aromatic heterocycles. The number of piperidine rings is 2. The van der Waals surface area contributed by atoms with Gasteiger partial charge in [0.15, 0.2) is 0 Å². The number of carbonyl (C=O) groups excluding carboxylic acids is 2. The number of hydrogen-bond donors (Lipinski definition) is 0. The predicted octanol–water partition coefficient (Wildman–Crippen LogP) is 5.08. The van der Waals surface area contributed by atoms with Gasteiger partial charge in [-0.3, -0.25) is 9.59 Å². The first-order valence-corrected chi connectivity index (χ1v) is 12.8. The Kier molecular flexibility index (Phi) is 8.07. The second-order valence-electron chi connectivity index (χ2n) is 9.37. The normalized spacial score (nSPS) is 18.1. The molecule has 5 nitrogen and oxygen atoms in total. The van der Waals surface area contributed by atoms with Crippen LogP contribution >= 0.6 is 15.9 Å². The van der Waals surface area contributed by atoms with E-state index in [1.54, 1.807) is 0 Å². The summed E-state index contributed by atoms with van der Waals surface area (Å²) in [5.74, 6) is 1.20. The molecule has 0 radical (unpaired) electrons. The summed E-state index contributed by atoms with van der Waals surface area (Å²) in [5.41, 5.74) is 0.765. The first kappa shape index (κ1) is 23.8. The first-order valence-electron chi connectivity index (χ1n) is 12.0. The minimum absolute atomic E-state index is 0.141. The minimum Gasteiger partial charge on any atom is -0.493 e. The van der Waals surface area contributed by atoms with Crippen molar-refractivity contribution in [2.75, 3.05) is 32.8 Å². The van der Waals surface area contributed by atoms with Crippen LogP contribution in [0.4, 0.5) is 0 Å². The number of benzene rings is 2. The van der Waals surface area contributed by atoms with E-state index in [9.17, 15) is 9.59 Å². The van der Waals surface area contributed by atoms with Crippen LogP contribution in [0, 0.1) is 5.41 Å². The molecule has 2 amide bonds. The van der Waals surface area contributed by atoms with Crippen LogP contribution in [-0.4, -0.2) is 54.4 Å². The fraction of sp³-hybridized carbons (Fsp3) is 0.481. The van der Waals surface area contributed by atoms with Gasteiger partial charge in [-0.1, -0.05) is 52.3 Å². The lowest BCUT2D eigenvalue weighted by Crippen LogP contribution is -2.48. The first-order chi connectivity index (χ1) is 16.0. The number of ether oxygens (including phenoxy) is 1. The van der Waals surface area contributed by atoms with Crippen molar-refractivity contribution in [2.24, 2.45) is 5.41 Å². The van der Waals surface area contributed by atoms with E-state index in [-0.39, 0.29) is 17.2 Å². The van der Waals surface area contributed by atoms with Crippen LogP contribution in [0.2, 0.25) is 0 Å². The molecule has 2 aliphatic rings. The van der Waals surface area contributed by atoms with Crippen LogP contribution in [0.1, 0.15) is 44.1 Å². The topological polar surface area (TPSA) is 49.9 Å². The third-order valence-electron chi connectivity index (χ3n) is 7.00. The molecular formula is C27H33BrN2O3. The summed E-state index contributed by atoms with van der Waals surface area (Å²) in [6.07, 6.45) is 5.84. The number of hydrogen-bond acceptors (Lipinski definition) is 3. The fourth-order valence-electron chi connectivity index (χ4n) is 4.85. The Bertz CT molecular complexity index is 935. The maximum atomic E-state index is 13.2. The molecule has 2 saturated heterocycles. The predicted molar refractivity (Wildman–Crippen MR) is 133 cm³/mol. The largest absolute Gasteiger partial charge is 0.493 e. The molecule has 0 saturated carbocycles. The van der Waals surface area contributed by atoms with Crippen LogP contribution in [0.5, 0.6) is 5.75 Å². The van der Waals surface area contributed by atoms with Gasteiger partial charge in [-0.05, 0) is 55.9 Å². The molecule has 2 aliphatic heterocycles. The molecule has 176 valence electrons. The highest BCUT2D eigenvalue weighted by Gasteiger charge is 2.39. The molecule has 0 bridgehead atoms. The zero-order valence-electron chi connectivity index (χ0n) is 19.2. The van der Waals surface area contributed by atoms with Gasteiger partial charge in [0, 0.05) is 42.5 Å². The van der Waals surface area contributed by atoms with Crippen molar-refractivity contribution in [3.63, 3.8) is 0 Å². The van der Waals surface area contributed by atoms with Gasteiger partial charge in [-0.15, -0.1) is 0 Å². The molecule has 0 aliphatic carbocycles. The summed E-state index contributed by atoms with van der Waals surface area (Å²) in [5, 5.41) is 0. The van der Waals surface area contributed by atoms with Gasteiger partial charge in [-0.25, -0.2) is 0 Å². The minimum atomic E-state index is -0.242. The molecule has 2 aromatic rings. The highest BCUT2D eigenvalue weighted by Crippen LogP contribution is 2.37. The second kappa shape index (κ2) is 11.2. The molecule has 0 spiro atoms. The molecule has 6 heteroatoms. The lowest BCUT2D eigenvalue weighted by molar-refractivity contribution is -0.138. The van der Waals surface area contributed by atoms with Gasteiger partial charge in [-0.2, -0.15) is 0 Å². The highest BCUT2D eigenvalue weighted by molar-refractivity contribution is 9.10. The molecular weight excluding hydrogens is 480 g/mol. The van der Waals surface area contributed by atoms with Gasteiger partial charge in [0.2, 0.25) is 11.8 Å². The van der Waals surface area contributed by atoms with E-state index in [0.717, 1.165) is 54.6 Å². The smallest absolute Gasteiger partial charge is 0.227 e. The molecule has 2 heterocycles. The Hall–Kier alpha value is -2.34. The van der Waals surface area contributed by atoms with Crippen LogP contribution in [-0.2, 0) is 16.0 Å². The number of amides is 2. The van der Waals surface area contributed by atoms with Crippen molar-refractivity contribution in [1.82, 2.24) is 9.80 Å². The summed E-state index contributed by atoms with van der Waals surface area (Å²) in [6.45, 7) is 3.56. The molecule has 4 rings (SSSR count). The molecule has 0 N–H and O–H groups in total. The van der Waals surface area contributed by atoms with E-state index in [1.807, 2.05) is 64.4 Å². The van der Waals surface area contributed by atoms with Crippen LogP contribution in [0.15, 0.2) is 59.1 Å². The monoisotopic (exact) mass is 512 g/mol. The van der Waals surface area contributed by atoms with Crippen molar-refractivity contribution in [3.05, 3.63) is 64.6 Å². The second-order valence-corrected chi connectivity index (χ2v) is 10.2. The molecule has 33 heavy (non-hydrogen) atoms. The van der Waals surface area contributed by atoms with E-state index < -0.39 is 0 Å².